The first-order chi connectivity index (χ1) is 11.6. The topological polar surface area (TPSA) is 83.8 Å². The van der Waals surface area contributed by atoms with Crippen LogP contribution in [0.5, 0.6) is 0 Å². The average molecular weight is 325 g/mol. The molecule has 3 aromatic rings. The molecule has 126 valence electrons. The number of rotatable bonds is 6. The minimum absolute atomic E-state index is 0.0235. The second-order valence-electron chi connectivity index (χ2n) is 6.17. The Bertz CT molecular complexity index is 809. The van der Waals surface area contributed by atoms with Gasteiger partial charge in [-0.05, 0) is 31.4 Å². The molecule has 0 aliphatic rings. The van der Waals surface area contributed by atoms with Gasteiger partial charge in [-0.1, -0.05) is 30.3 Å². The van der Waals surface area contributed by atoms with E-state index in [1.165, 1.54) is 0 Å². The molecule has 0 aliphatic carbocycles. The molecule has 2 atom stereocenters. The predicted molar refractivity (Wildman–Crippen MR) is 94.6 cm³/mol. The van der Waals surface area contributed by atoms with Crippen LogP contribution in [0.4, 0.5) is 0 Å². The van der Waals surface area contributed by atoms with E-state index in [4.69, 9.17) is 10.8 Å². The standard InChI is InChI=1S/C19H23N3O2/c1-13(24)17-3-2-9-22-12-18(21-19(17)22)15-6-4-14(5-7-15)11-16(20)8-10-23/h2-7,9,12-13,16,23-24H,8,10-11,20H2,1H3/t13?,16-/m1/s1. The van der Waals surface area contributed by atoms with Crippen LogP contribution >= 0.6 is 0 Å². The monoisotopic (exact) mass is 325 g/mol. The highest BCUT2D eigenvalue weighted by atomic mass is 16.3. The van der Waals surface area contributed by atoms with Crippen LogP contribution in [0.1, 0.15) is 30.6 Å². The number of nitrogens with two attached hydrogens (primary N) is 1. The van der Waals surface area contributed by atoms with Gasteiger partial charge >= 0.3 is 0 Å². The van der Waals surface area contributed by atoms with Crippen molar-refractivity contribution in [2.24, 2.45) is 5.73 Å². The molecule has 0 fully saturated rings. The molecule has 0 saturated heterocycles. The minimum atomic E-state index is -0.556. The number of benzene rings is 1. The molecule has 3 rings (SSSR count). The van der Waals surface area contributed by atoms with E-state index in [-0.39, 0.29) is 12.6 Å². The summed E-state index contributed by atoms with van der Waals surface area (Å²) in [6.07, 6.45) is 4.70. The first-order valence-electron chi connectivity index (χ1n) is 8.20. The molecule has 1 aromatic carbocycles. The molecule has 0 radical (unpaired) electrons. The van der Waals surface area contributed by atoms with Gasteiger partial charge in [0.15, 0.2) is 0 Å². The zero-order valence-corrected chi connectivity index (χ0v) is 13.8. The summed E-state index contributed by atoms with van der Waals surface area (Å²) < 4.78 is 1.93. The van der Waals surface area contributed by atoms with Gasteiger partial charge in [-0.3, -0.25) is 0 Å². The molecular weight excluding hydrogens is 302 g/mol. The van der Waals surface area contributed by atoms with E-state index in [0.29, 0.717) is 6.42 Å². The molecule has 0 amide bonds. The van der Waals surface area contributed by atoms with Crippen LogP contribution in [-0.4, -0.2) is 32.2 Å². The van der Waals surface area contributed by atoms with Crippen molar-refractivity contribution in [3.05, 3.63) is 59.9 Å². The Balaban J connectivity index is 1.87. The van der Waals surface area contributed by atoms with Gasteiger partial charge in [0.1, 0.15) is 5.65 Å². The molecule has 24 heavy (non-hydrogen) atoms. The summed E-state index contributed by atoms with van der Waals surface area (Å²) in [5.74, 6) is 0. The van der Waals surface area contributed by atoms with Crippen LogP contribution in [0, 0.1) is 0 Å². The van der Waals surface area contributed by atoms with Crippen LogP contribution in [0.2, 0.25) is 0 Å². The van der Waals surface area contributed by atoms with Gasteiger partial charge in [-0.15, -0.1) is 0 Å². The smallest absolute Gasteiger partial charge is 0.143 e. The van der Waals surface area contributed by atoms with Crippen molar-refractivity contribution < 1.29 is 10.2 Å². The fraction of sp³-hybridized carbons (Fsp3) is 0.316. The third kappa shape index (κ3) is 3.48. The summed E-state index contributed by atoms with van der Waals surface area (Å²) in [5.41, 5.74) is 10.6. The number of hydrogen-bond donors (Lipinski definition) is 3. The molecule has 0 saturated carbocycles. The second-order valence-corrected chi connectivity index (χ2v) is 6.17. The summed E-state index contributed by atoms with van der Waals surface area (Å²) in [7, 11) is 0. The van der Waals surface area contributed by atoms with E-state index in [2.05, 4.69) is 4.98 Å². The quantitative estimate of drug-likeness (QED) is 0.649. The normalized spacial score (nSPS) is 14.0. The van der Waals surface area contributed by atoms with Gasteiger partial charge in [-0.2, -0.15) is 0 Å². The molecule has 0 spiro atoms. The lowest BCUT2D eigenvalue weighted by atomic mass is 10.0. The fourth-order valence-corrected chi connectivity index (χ4v) is 2.88. The van der Waals surface area contributed by atoms with Crippen molar-refractivity contribution in [2.75, 3.05) is 6.61 Å². The zero-order valence-electron chi connectivity index (χ0n) is 13.8. The van der Waals surface area contributed by atoms with Gasteiger partial charge in [0.05, 0.1) is 11.8 Å². The van der Waals surface area contributed by atoms with Gasteiger partial charge in [0.2, 0.25) is 0 Å². The number of aliphatic hydroxyl groups is 2. The zero-order chi connectivity index (χ0) is 17.1. The number of hydrogen-bond acceptors (Lipinski definition) is 4. The first-order valence-corrected chi connectivity index (χ1v) is 8.20. The average Bonchev–Trinajstić information content (AvgIpc) is 2.99. The van der Waals surface area contributed by atoms with Gasteiger partial charge in [0, 0.05) is 36.2 Å². The Labute approximate surface area is 141 Å². The molecule has 2 aromatic heterocycles. The van der Waals surface area contributed by atoms with E-state index >= 15 is 0 Å². The molecule has 4 N–H and O–H groups in total. The van der Waals surface area contributed by atoms with Crippen LogP contribution in [0.3, 0.4) is 0 Å². The highest BCUT2D eigenvalue weighted by Crippen LogP contribution is 2.24. The summed E-state index contributed by atoms with van der Waals surface area (Å²) in [4.78, 5) is 4.67. The van der Waals surface area contributed by atoms with Gasteiger partial charge < -0.3 is 20.3 Å². The molecule has 5 heteroatoms. The van der Waals surface area contributed by atoms with Crippen LogP contribution in [-0.2, 0) is 6.42 Å². The highest BCUT2D eigenvalue weighted by Gasteiger charge is 2.11. The van der Waals surface area contributed by atoms with Crippen molar-refractivity contribution in [3.63, 3.8) is 0 Å². The van der Waals surface area contributed by atoms with E-state index < -0.39 is 6.10 Å². The van der Waals surface area contributed by atoms with E-state index in [0.717, 1.165) is 34.5 Å². The van der Waals surface area contributed by atoms with Crippen LogP contribution in [0.25, 0.3) is 16.9 Å². The van der Waals surface area contributed by atoms with Gasteiger partial charge in [0.25, 0.3) is 0 Å². The van der Waals surface area contributed by atoms with Crippen molar-refractivity contribution in [2.45, 2.75) is 31.9 Å². The second kappa shape index (κ2) is 7.13. The molecule has 1 unspecified atom stereocenters. The number of nitrogens with zero attached hydrogens (tertiary/aromatic N) is 2. The lowest BCUT2D eigenvalue weighted by molar-refractivity contribution is 0.200. The Morgan fingerprint density at radius 1 is 1.21 bits per heavy atom. The van der Waals surface area contributed by atoms with E-state index in [1.807, 2.05) is 53.2 Å². The first kappa shape index (κ1) is 16.6. The summed E-state index contributed by atoms with van der Waals surface area (Å²) in [6, 6.07) is 11.9. The maximum atomic E-state index is 9.88. The lowest BCUT2D eigenvalue weighted by Crippen LogP contribution is -2.23. The minimum Gasteiger partial charge on any atom is -0.396 e. The van der Waals surface area contributed by atoms with Crippen molar-refractivity contribution in [1.29, 1.82) is 0 Å². The third-order valence-electron chi connectivity index (χ3n) is 4.21. The van der Waals surface area contributed by atoms with E-state index in [9.17, 15) is 5.11 Å². The predicted octanol–water partition coefficient (Wildman–Crippen LogP) is 2.31. The molecule has 0 aliphatic heterocycles. The highest BCUT2D eigenvalue weighted by molar-refractivity contribution is 5.64. The fourth-order valence-electron chi connectivity index (χ4n) is 2.88. The molecule has 5 nitrogen and oxygen atoms in total. The maximum Gasteiger partial charge on any atom is 0.143 e. The summed E-state index contributed by atoms with van der Waals surface area (Å²) in [5, 5.41) is 18.8. The number of aromatic nitrogens is 2. The maximum absolute atomic E-state index is 9.88. The Morgan fingerprint density at radius 3 is 2.62 bits per heavy atom. The number of aliphatic hydroxyl groups excluding tert-OH is 2. The summed E-state index contributed by atoms with van der Waals surface area (Å²) >= 11 is 0. The molecule has 2 heterocycles. The third-order valence-corrected chi connectivity index (χ3v) is 4.21. The SMILES string of the molecule is CC(O)c1cccn2cc(-c3ccc(C[C@H](N)CCO)cc3)nc12. The number of fused-ring (bicyclic) bond motifs is 1. The Hall–Kier alpha value is -2.21. The Kier molecular flexibility index (Phi) is 4.94. The summed E-state index contributed by atoms with van der Waals surface area (Å²) in [6.45, 7) is 1.86. The van der Waals surface area contributed by atoms with Crippen LogP contribution < -0.4 is 5.73 Å². The largest absolute Gasteiger partial charge is 0.396 e. The molecular formula is C19H23N3O2. The molecule has 0 bridgehead atoms. The van der Waals surface area contributed by atoms with E-state index in [1.54, 1.807) is 6.92 Å². The Morgan fingerprint density at radius 2 is 1.96 bits per heavy atom. The van der Waals surface area contributed by atoms with Gasteiger partial charge in [-0.25, -0.2) is 4.98 Å². The number of pyridine rings is 1. The van der Waals surface area contributed by atoms with Crippen molar-refractivity contribution in [3.8, 4) is 11.3 Å². The lowest BCUT2D eigenvalue weighted by Gasteiger charge is -2.09. The van der Waals surface area contributed by atoms with Crippen LogP contribution in [0.15, 0.2) is 48.8 Å². The van der Waals surface area contributed by atoms with Crippen molar-refractivity contribution in [1.82, 2.24) is 9.38 Å². The van der Waals surface area contributed by atoms with Crippen molar-refractivity contribution >= 4 is 5.65 Å². The number of imidazole rings is 1.